The van der Waals surface area contributed by atoms with Crippen LogP contribution < -0.4 is 11.2 Å². The van der Waals surface area contributed by atoms with E-state index < -0.39 is 17.5 Å². The summed E-state index contributed by atoms with van der Waals surface area (Å²) in [6, 6.07) is 1.28. The van der Waals surface area contributed by atoms with Crippen LogP contribution in [0.3, 0.4) is 0 Å². The summed E-state index contributed by atoms with van der Waals surface area (Å²) in [5, 5.41) is 8.99. The Morgan fingerprint density at radius 2 is 2.38 bits per heavy atom. The predicted molar refractivity (Wildman–Crippen MR) is 56.1 cm³/mol. The first-order valence-corrected chi connectivity index (χ1v) is 5.19. The van der Waals surface area contributed by atoms with E-state index in [2.05, 4.69) is 4.98 Å². The first-order valence-electron chi connectivity index (χ1n) is 5.19. The molecular weight excluding hydrogens is 212 g/mol. The van der Waals surface area contributed by atoms with E-state index in [1.54, 1.807) is 0 Å². The average Bonchev–Trinajstić information content (AvgIpc) is 2.60. The molecule has 6 nitrogen and oxygen atoms in total. The van der Waals surface area contributed by atoms with Crippen molar-refractivity contribution in [1.82, 2.24) is 9.55 Å². The lowest BCUT2D eigenvalue weighted by atomic mass is 10.1. The molecule has 0 bridgehead atoms. The molecule has 6 heteroatoms. The Hall–Kier alpha value is -1.40. The summed E-state index contributed by atoms with van der Waals surface area (Å²) in [6.07, 6.45) is 1.47. The Balaban J connectivity index is 2.31. The summed E-state index contributed by atoms with van der Waals surface area (Å²) < 4.78 is 6.87. The smallest absolute Gasteiger partial charge is 0.330 e. The molecule has 0 spiro atoms. The van der Waals surface area contributed by atoms with Crippen molar-refractivity contribution < 1.29 is 9.84 Å². The van der Waals surface area contributed by atoms with Crippen LogP contribution in [0.15, 0.2) is 21.9 Å². The van der Waals surface area contributed by atoms with Crippen LogP contribution >= 0.6 is 0 Å². The van der Waals surface area contributed by atoms with Gasteiger partial charge in [0.2, 0.25) is 0 Å². The number of H-pyrrole nitrogens is 1. The van der Waals surface area contributed by atoms with Gasteiger partial charge in [-0.15, -0.1) is 0 Å². The van der Waals surface area contributed by atoms with Gasteiger partial charge in [-0.1, -0.05) is 6.92 Å². The van der Waals surface area contributed by atoms with Crippen molar-refractivity contribution in [2.75, 3.05) is 6.61 Å². The van der Waals surface area contributed by atoms with Crippen molar-refractivity contribution in [3.63, 3.8) is 0 Å². The normalized spacial score (nSPS) is 29.5. The number of aliphatic hydroxyl groups is 1. The second-order valence-corrected chi connectivity index (χ2v) is 4.06. The number of aliphatic hydroxyl groups excluding tert-OH is 1. The highest BCUT2D eigenvalue weighted by atomic mass is 16.5. The molecule has 2 N–H and O–H groups in total. The Kier molecular flexibility index (Phi) is 2.93. The van der Waals surface area contributed by atoms with Gasteiger partial charge < -0.3 is 9.84 Å². The Morgan fingerprint density at radius 1 is 1.62 bits per heavy atom. The van der Waals surface area contributed by atoms with Crippen molar-refractivity contribution >= 4 is 0 Å². The van der Waals surface area contributed by atoms with E-state index in [-0.39, 0.29) is 18.6 Å². The largest absolute Gasteiger partial charge is 0.394 e. The van der Waals surface area contributed by atoms with Crippen LogP contribution in [0.25, 0.3) is 0 Å². The zero-order valence-corrected chi connectivity index (χ0v) is 8.92. The second-order valence-electron chi connectivity index (χ2n) is 4.06. The molecule has 3 atom stereocenters. The molecular formula is C10H14N2O4. The molecule has 1 saturated heterocycles. The van der Waals surface area contributed by atoms with Gasteiger partial charge in [0, 0.05) is 18.2 Å². The maximum atomic E-state index is 11.5. The lowest BCUT2D eigenvalue weighted by molar-refractivity contribution is -0.0336. The van der Waals surface area contributed by atoms with Gasteiger partial charge in [-0.25, -0.2) is 4.79 Å². The monoisotopic (exact) mass is 226 g/mol. The number of aromatic amines is 1. The third-order valence-electron chi connectivity index (χ3n) is 2.78. The molecule has 0 radical (unpaired) electrons. The van der Waals surface area contributed by atoms with Crippen molar-refractivity contribution in [1.29, 1.82) is 0 Å². The SMILES string of the molecule is C[C@@H]1C[C@@H](CO)O[C@H]1n1ccc(=O)[nH]c1=O. The zero-order valence-electron chi connectivity index (χ0n) is 8.92. The Labute approximate surface area is 91.5 Å². The van der Waals surface area contributed by atoms with Crippen LogP contribution in [0.2, 0.25) is 0 Å². The standard InChI is InChI=1S/C10H14N2O4/c1-6-4-7(5-13)16-9(6)12-3-2-8(14)11-10(12)15/h2-3,6-7,9,13H,4-5H2,1H3,(H,11,14,15)/t6-,7+,9-/m1/s1. The van der Waals surface area contributed by atoms with E-state index in [0.29, 0.717) is 6.42 Å². The average molecular weight is 226 g/mol. The minimum atomic E-state index is -0.483. The van der Waals surface area contributed by atoms with Crippen LogP contribution in [0.5, 0.6) is 0 Å². The fourth-order valence-electron chi connectivity index (χ4n) is 2.00. The lowest BCUT2D eigenvalue weighted by Gasteiger charge is -2.17. The van der Waals surface area contributed by atoms with Gasteiger partial charge in [0.1, 0.15) is 6.23 Å². The minimum absolute atomic E-state index is 0.0566. The number of hydrogen-bond acceptors (Lipinski definition) is 4. The summed E-state index contributed by atoms with van der Waals surface area (Å²) >= 11 is 0. The van der Waals surface area contributed by atoms with Crippen molar-refractivity contribution in [2.45, 2.75) is 25.7 Å². The first kappa shape index (κ1) is 11.1. The van der Waals surface area contributed by atoms with Gasteiger partial charge >= 0.3 is 5.69 Å². The van der Waals surface area contributed by atoms with Crippen molar-refractivity contribution in [2.24, 2.45) is 5.92 Å². The van der Waals surface area contributed by atoms with Crippen molar-refractivity contribution in [3.05, 3.63) is 33.1 Å². The summed E-state index contributed by atoms with van der Waals surface area (Å²) in [5.41, 5.74) is -0.909. The van der Waals surface area contributed by atoms with Crippen LogP contribution in [0.4, 0.5) is 0 Å². The predicted octanol–water partition coefficient (Wildman–Crippen LogP) is -0.547. The van der Waals surface area contributed by atoms with Crippen LogP contribution in [-0.4, -0.2) is 27.4 Å². The molecule has 2 heterocycles. The number of nitrogens with one attached hydrogen (secondary N) is 1. The Morgan fingerprint density at radius 3 is 2.94 bits per heavy atom. The summed E-state index contributed by atoms with van der Waals surface area (Å²) in [4.78, 5) is 24.6. The van der Waals surface area contributed by atoms with E-state index in [0.717, 1.165) is 0 Å². The van der Waals surface area contributed by atoms with E-state index in [1.807, 2.05) is 6.92 Å². The molecule has 1 aromatic rings. The van der Waals surface area contributed by atoms with Crippen LogP contribution in [-0.2, 0) is 4.74 Å². The van der Waals surface area contributed by atoms with E-state index in [4.69, 9.17) is 9.84 Å². The van der Waals surface area contributed by atoms with Crippen LogP contribution in [0, 0.1) is 5.92 Å². The lowest BCUT2D eigenvalue weighted by Crippen LogP contribution is -2.33. The highest BCUT2D eigenvalue weighted by molar-refractivity contribution is 4.87. The number of rotatable bonds is 2. The number of ether oxygens (including phenoxy) is 1. The topological polar surface area (TPSA) is 84.3 Å². The fourth-order valence-corrected chi connectivity index (χ4v) is 2.00. The number of nitrogens with zero attached hydrogens (tertiary/aromatic N) is 1. The molecule has 0 amide bonds. The first-order chi connectivity index (χ1) is 7.61. The van der Waals surface area contributed by atoms with E-state index in [9.17, 15) is 9.59 Å². The Bertz CT molecular complexity index is 478. The maximum Gasteiger partial charge on any atom is 0.330 e. The van der Waals surface area contributed by atoms with E-state index >= 15 is 0 Å². The highest BCUT2D eigenvalue weighted by Crippen LogP contribution is 2.32. The van der Waals surface area contributed by atoms with E-state index in [1.165, 1.54) is 16.8 Å². The van der Waals surface area contributed by atoms with Gasteiger partial charge in [-0.05, 0) is 6.42 Å². The fraction of sp³-hybridized carbons (Fsp3) is 0.600. The molecule has 16 heavy (non-hydrogen) atoms. The number of aromatic nitrogens is 2. The number of hydrogen-bond donors (Lipinski definition) is 2. The molecule has 1 aromatic heterocycles. The maximum absolute atomic E-state index is 11.5. The summed E-state index contributed by atoms with van der Waals surface area (Å²) in [6.45, 7) is 1.89. The zero-order chi connectivity index (χ0) is 11.7. The molecule has 0 aliphatic carbocycles. The van der Waals surface area contributed by atoms with Gasteiger partial charge in [-0.3, -0.25) is 14.3 Å². The molecule has 88 valence electrons. The van der Waals surface area contributed by atoms with Gasteiger partial charge in [-0.2, -0.15) is 0 Å². The molecule has 2 rings (SSSR count). The van der Waals surface area contributed by atoms with Crippen molar-refractivity contribution in [3.8, 4) is 0 Å². The molecule has 0 aromatic carbocycles. The van der Waals surface area contributed by atoms with Gasteiger partial charge in [0.15, 0.2) is 0 Å². The summed E-state index contributed by atoms with van der Waals surface area (Å²) in [7, 11) is 0. The molecule has 1 aliphatic heterocycles. The third kappa shape index (κ3) is 1.94. The van der Waals surface area contributed by atoms with Gasteiger partial charge in [0.05, 0.1) is 12.7 Å². The molecule has 1 fully saturated rings. The third-order valence-corrected chi connectivity index (χ3v) is 2.78. The highest BCUT2D eigenvalue weighted by Gasteiger charge is 2.33. The summed E-state index contributed by atoms with van der Waals surface area (Å²) in [5.74, 6) is 0.126. The molecule has 0 saturated carbocycles. The second kappa shape index (κ2) is 4.23. The van der Waals surface area contributed by atoms with Gasteiger partial charge in [0.25, 0.3) is 5.56 Å². The molecule has 0 unspecified atom stereocenters. The molecule has 1 aliphatic rings. The van der Waals surface area contributed by atoms with Crippen LogP contribution in [0.1, 0.15) is 19.6 Å². The minimum Gasteiger partial charge on any atom is -0.394 e. The quantitative estimate of drug-likeness (QED) is 0.708.